The first-order chi connectivity index (χ1) is 9.15. The van der Waals surface area contributed by atoms with E-state index in [9.17, 15) is 10.1 Å². The first-order valence-electron chi connectivity index (χ1n) is 6.73. The highest BCUT2D eigenvalue weighted by Crippen LogP contribution is 2.25. The monoisotopic (exact) mass is 263 g/mol. The van der Waals surface area contributed by atoms with E-state index in [1.807, 2.05) is 19.9 Å². The van der Waals surface area contributed by atoms with E-state index in [4.69, 9.17) is 4.74 Å². The van der Waals surface area contributed by atoms with E-state index >= 15 is 0 Å². The Kier molecular flexibility index (Phi) is 6.06. The molecule has 0 heterocycles. The number of ether oxygens (including phenoxy) is 1. The van der Waals surface area contributed by atoms with Gasteiger partial charge in [0.1, 0.15) is 11.5 Å². The van der Waals surface area contributed by atoms with E-state index in [-0.39, 0.29) is 10.6 Å². The van der Waals surface area contributed by atoms with Crippen molar-refractivity contribution in [2.75, 3.05) is 0 Å². The van der Waals surface area contributed by atoms with Crippen molar-refractivity contribution in [1.82, 2.24) is 0 Å². The molecule has 2 aliphatic carbocycles. The lowest BCUT2D eigenvalue weighted by molar-refractivity contribution is -0.428. The smallest absolute Gasteiger partial charge is 0.246 e. The van der Waals surface area contributed by atoms with Gasteiger partial charge in [-0.15, -0.1) is 0 Å². The highest BCUT2D eigenvalue weighted by Gasteiger charge is 2.17. The van der Waals surface area contributed by atoms with Crippen molar-refractivity contribution in [3.8, 4) is 0 Å². The summed E-state index contributed by atoms with van der Waals surface area (Å²) < 4.78 is 5.72. The Bertz CT molecular complexity index is 456. The van der Waals surface area contributed by atoms with Gasteiger partial charge in [-0.1, -0.05) is 25.5 Å². The Morgan fingerprint density at radius 3 is 2.00 bits per heavy atom. The zero-order valence-electron chi connectivity index (χ0n) is 11.8. The molecule has 0 unspecified atom stereocenters. The van der Waals surface area contributed by atoms with E-state index in [2.05, 4.69) is 13.0 Å². The second-order valence-corrected chi connectivity index (χ2v) is 4.30. The molecule has 0 amide bonds. The van der Waals surface area contributed by atoms with Gasteiger partial charge in [-0.05, 0) is 25.5 Å². The largest absolute Gasteiger partial charge is 0.466 e. The van der Waals surface area contributed by atoms with E-state index in [1.54, 1.807) is 6.08 Å². The maximum Gasteiger partial charge on any atom is 0.246 e. The van der Waals surface area contributed by atoms with Crippen molar-refractivity contribution < 1.29 is 9.66 Å². The third-order valence-electron chi connectivity index (χ3n) is 2.91. The van der Waals surface area contributed by atoms with Gasteiger partial charge in [0.25, 0.3) is 0 Å². The van der Waals surface area contributed by atoms with Crippen LogP contribution in [0.4, 0.5) is 0 Å². The minimum atomic E-state index is -0.334. The molecule has 0 fully saturated rings. The molecule has 4 nitrogen and oxygen atoms in total. The van der Waals surface area contributed by atoms with Gasteiger partial charge in [0, 0.05) is 25.3 Å². The number of allylic oxidation sites excluding steroid dienone is 8. The van der Waals surface area contributed by atoms with Gasteiger partial charge < -0.3 is 4.74 Å². The summed E-state index contributed by atoms with van der Waals surface area (Å²) in [6.45, 7) is 6.10. The SMILES string of the molecule is CC.CC1=CC=C(OC2=CC=C([N+](=O)[O-])CC2)CC1. The lowest BCUT2D eigenvalue weighted by atomic mass is 10.1. The van der Waals surface area contributed by atoms with Crippen molar-refractivity contribution >= 4 is 0 Å². The first-order valence-corrected chi connectivity index (χ1v) is 6.73. The molecule has 0 atom stereocenters. The van der Waals surface area contributed by atoms with Gasteiger partial charge in [0.15, 0.2) is 0 Å². The molecule has 0 radical (unpaired) electrons. The molecule has 0 saturated carbocycles. The van der Waals surface area contributed by atoms with Gasteiger partial charge in [-0.3, -0.25) is 10.1 Å². The molecule has 104 valence electrons. The Balaban J connectivity index is 0.000000861. The molecule has 0 saturated heterocycles. The average molecular weight is 263 g/mol. The second-order valence-electron chi connectivity index (χ2n) is 4.30. The number of rotatable bonds is 3. The van der Waals surface area contributed by atoms with Gasteiger partial charge in [-0.2, -0.15) is 0 Å². The molecular formula is C15H21NO3. The van der Waals surface area contributed by atoms with Crippen molar-refractivity contribution in [3.63, 3.8) is 0 Å². The van der Waals surface area contributed by atoms with Gasteiger partial charge in [0.05, 0.1) is 4.92 Å². The number of nitrogens with zero attached hydrogens (tertiary/aromatic N) is 1. The molecule has 19 heavy (non-hydrogen) atoms. The summed E-state index contributed by atoms with van der Waals surface area (Å²) in [6, 6.07) is 0. The number of hydrogen-bond acceptors (Lipinski definition) is 3. The fourth-order valence-corrected chi connectivity index (χ4v) is 1.82. The van der Waals surface area contributed by atoms with Crippen LogP contribution in [0.5, 0.6) is 0 Å². The molecule has 0 aromatic heterocycles. The van der Waals surface area contributed by atoms with Gasteiger partial charge in [-0.25, -0.2) is 0 Å². The van der Waals surface area contributed by atoms with Crippen LogP contribution >= 0.6 is 0 Å². The molecule has 4 heteroatoms. The Morgan fingerprint density at radius 1 is 1.00 bits per heavy atom. The zero-order valence-corrected chi connectivity index (χ0v) is 11.8. The summed E-state index contributed by atoms with van der Waals surface area (Å²) >= 11 is 0. The predicted molar refractivity (Wildman–Crippen MR) is 75.9 cm³/mol. The Labute approximate surface area is 114 Å². The Morgan fingerprint density at radius 2 is 1.58 bits per heavy atom. The molecule has 2 rings (SSSR count). The van der Waals surface area contributed by atoms with Crippen LogP contribution in [0.3, 0.4) is 0 Å². The molecule has 0 N–H and O–H groups in total. The summed E-state index contributed by atoms with van der Waals surface area (Å²) in [7, 11) is 0. The van der Waals surface area contributed by atoms with Crippen LogP contribution in [0, 0.1) is 10.1 Å². The lowest BCUT2D eigenvalue weighted by Crippen LogP contribution is -2.05. The van der Waals surface area contributed by atoms with Crippen LogP contribution < -0.4 is 0 Å². The second kappa shape index (κ2) is 7.56. The van der Waals surface area contributed by atoms with Crippen LogP contribution in [-0.2, 0) is 4.74 Å². The van der Waals surface area contributed by atoms with E-state index in [1.165, 1.54) is 11.6 Å². The third-order valence-corrected chi connectivity index (χ3v) is 2.91. The quantitative estimate of drug-likeness (QED) is 0.556. The fourth-order valence-electron chi connectivity index (χ4n) is 1.82. The molecule has 0 bridgehead atoms. The van der Waals surface area contributed by atoms with E-state index in [0.717, 1.165) is 24.4 Å². The summed E-state index contributed by atoms with van der Waals surface area (Å²) in [5.41, 5.74) is 1.61. The number of nitro groups is 1. The minimum Gasteiger partial charge on any atom is -0.466 e. The molecule has 2 aliphatic rings. The first kappa shape index (κ1) is 15.2. The van der Waals surface area contributed by atoms with Crippen molar-refractivity contribution in [3.05, 3.63) is 57.2 Å². The highest BCUT2D eigenvalue weighted by atomic mass is 16.6. The molecule has 0 aliphatic heterocycles. The molecular weight excluding hydrogens is 242 g/mol. The summed E-state index contributed by atoms with van der Waals surface area (Å²) in [6.07, 6.45) is 10.2. The Hall–Kier alpha value is -1.84. The lowest BCUT2D eigenvalue weighted by Gasteiger charge is -2.16. The minimum absolute atomic E-state index is 0.255. The maximum absolute atomic E-state index is 10.5. The number of hydrogen-bond donors (Lipinski definition) is 0. The van der Waals surface area contributed by atoms with Crippen LogP contribution in [0.15, 0.2) is 47.1 Å². The molecule has 0 aromatic carbocycles. The van der Waals surface area contributed by atoms with Gasteiger partial charge >= 0.3 is 0 Å². The third kappa shape index (κ3) is 4.73. The average Bonchev–Trinajstić information content (AvgIpc) is 2.44. The highest BCUT2D eigenvalue weighted by molar-refractivity contribution is 5.23. The topological polar surface area (TPSA) is 52.4 Å². The van der Waals surface area contributed by atoms with Crippen LogP contribution in [0.1, 0.15) is 46.5 Å². The zero-order chi connectivity index (χ0) is 14.3. The van der Waals surface area contributed by atoms with E-state index in [0.29, 0.717) is 12.8 Å². The predicted octanol–water partition coefficient (Wildman–Crippen LogP) is 4.49. The fraction of sp³-hybridized carbons (Fsp3) is 0.467. The van der Waals surface area contributed by atoms with E-state index < -0.39 is 0 Å². The standard InChI is InChI=1S/C13H15NO3.C2H6/c1-10-2-6-12(7-3-10)17-13-8-4-11(5-9-13)14(15)16;1-2/h2,4,6,8H,3,5,7,9H2,1H3;1-2H3. The summed E-state index contributed by atoms with van der Waals surface area (Å²) in [5, 5.41) is 10.5. The van der Waals surface area contributed by atoms with Crippen molar-refractivity contribution in [2.45, 2.75) is 46.5 Å². The summed E-state index contributed by atoms with van der Waals surface area (Å²) in [5.74, 6) is 1.76. The maximum atomic E-state index is 10.5. The molecule has 0 spiro atoms. The van der Waals surface area contributed by atoms with Crippen molar-refractivity contribution in [2.24, 2.45) is 0 Å². The normalized spacial score (nSPS) is 18.1. The van der Waals surface area contributed by atoms with Crippen molar-refractivity contribution in [1.29, 1.82) is 0 Å². The van der Waals surface area contributed by atoms with Crippen LogP contribution in [0.25, 0.3) is 0 Å². The van der Waals surface area contributed by atoms with Gasteiger partial charge in [0.2, 0.25) is 5.70 Å². The van der Waals surface area contributed by atoms with Crippen LogP contribution in [-0.4, -0.2) is 4.92 Å². The summed E-state index contributed by atoms with van der Waals surface area (Å²) in [4.78, 5) is 10.2. The van der Waals surface area contributed by atoms with Crippen LogP contribution in [0.2, 0.25) is 0 Å². The molecule has 0 aromatic rings.